The lowest BCUT2D eigenvalue weighted by Gasteiger charge is -2.30. The average molecular weight is 353 g/mol. The minimum Gasteiger partial charge on any atom is -0.385 e. The Morgan fingerprint density at radius 3 is 2.42 bits per heavy atom. The van der Waals surface area contributed by atoms with E-state index in [1.165, 1.54) is 57.1 Å². The minimum absolute atomic E-state index is 0.253. The van der Waals surface area contributed by atoms with Crippen LogP contribution in [-0.2, 0) is 0 Å². The van der Waals surface area contributed by atoms with Crippen LogP contribution in [0, 0.1) is 17.8 Å². The molecule has 0 aliphatic heterocycles. The smallest absolute Gasteiger partial charge is 0.0873 e. The molecule has 1 N–H and O–H groups in total. The molecule has 2 heteroatoms. The Balaban J connectivity index is 2.05. The van der Waals surface area contributed by atoms with Crippen LogP contribution < -0.4 is 0 Å². The molecular weight excluding hydrogens is 312 g/mol. The van der Waals surface area contributed by atoms with Crippen LogP contribution >= 0.6 is 11.8 Å². The molecule has 0 aromatic carbocycles. The van der Waals surface area contributed by atoms with E-state index in [0.717, 1.165) is 17.6 Å². The normalized spacial score (nSPS) is 25.8. The van der Waals surface area contributed by atoms with Crippen molar-refractivity contribution in [3.8, 4) is 0 Å². The zero-order valence-electron chi connectivity index (χ0n) is 16.5. The van der Waals surface area contributed by atoms with E-state index in [1.54, 1.807) is 0 Å². The molecule has 0 saturated heterocycles. The van der Waals surface area contributed by atoms with Crippen LogP contribution in [0.15, 0.2) is 24.3 Å². The van der Waals surface area contributed by atoms with Gasteiger partial charge in [-0.15, -0.1) is 0 Å². The second-order valence-electron chi connectivity index (χ2n) is 8.10. The number of aliphatic hydroxyl groups is 1. The summed E-state index contributed by atoms with van der Waals surface area (Å²) in [6, 6.07) is 0. The molecule has 0 fully saturated rings. The summed E-state index contributed by atoms with van der Waals surface area (Å²) >= 11 is 2.00. The number of thioether (sulfide) groups is 1. The Labute approximate surface area is 155 Å². The van der Waals surface area contributed by atoms with Gasteiger partial charge in [-0.25, -0.2) is 0 Å². The van der Waals surface area contributed by atoms with Crippen LogP contribution in [0.4, 0.5) is 0 Å². The van der Waals surface area contributed by atoms with Crippen molar-refractivity contribution in [3.05, 3.63) is 24.3 Å². The highest BCUT2D eigenvalue weighted by Crippen LogP contribution is 2.28. The molecule has 1 nitrogen and oxygen atoms in total. The van der Waals surface area contributed by atoms with Gasteiger partial charge in [0.15, 0.2) is 0 Å². The third kappa shape index (κ3) is 9.32. The standard InChI is InChI=1S/C22H40OS/c1-5-6-7-8-12-19(2)13-11-14-20(3)17-24-18-21-15-9-10-16-22(21,4)23/h9-10,15-16,19-21,23H,5-8,11-14,17-18H2,1-4H3. The molecule has 4 unspecified atom stereocenters. The first-order chi connectivity index (χ1) is 11.5. The second-order valence-corrected chi connectivity index (χ2v) is 9.18. The third-order valence-corrected chi connectivity index (χ3v) is 6.68. The van der Waals surface area contributed by atoms with Crippen LogP contribution in [0.2, 0.25) is 0 Å². The number of hydrogen-bond donors (Lipinski definition) is 1. The van der Waals surface area contributed by atoms with Crippen molar-refractivity contribution in [2.75, 3.05) is 11.5 Å². The molecule has 0 saturated carbocycles. The Morgan fingerprint density at radius 1 is 1.00 bits per heavy atom. The first-order valence-electron chi connectivity index (χ1n) is 10.1. The monoisotopic (exact) mass is 352 g/mol. The molecule has 1 aliphatic carbocycles. The molecule has 24 heavy (non-hydrogen) atoms. The Hall–Kier alpha value is -0.210. The van der Waals surface area contributed by atoms with Gasteiger partial charge in [-0.2, -0.15) is 11.8 Å². The summed E-state index contributed by atoms with van der Waals surface area (Å²) in [5.74, 6) is 4.18. The van der Waals surface area contributed by atoms with Gasteiger partial charge in [-0.05, 0) is 30.9 Å². The highest BCUT2D eigenvalue weighted by molar-refractivity contribution is 7.99. The zero-order chi connectivity index (χ0) is 17.8. The predicted molar refractivity (Wildman–Crippen MR) is 111 cm³/mol. The van der Waals surface area contributed by atoms with E-state index in [1.807, 2.05) is 30.8 Å². The summed E-state index contributed by atoms with van der Waals surface area (Å²) in [6.07, 6.45) is 19.2. The number of unbranched alkanes of at least 4 members (excludes halogenated alkanes) is 3. The Morgan fingerprint density at radius 2 is 1.71 bits per heavy atom. The van der Waals surface area contributed by atoms with Crippen molar-refractivity contribution >= 4 is 11.8 Å². The fourth-order valence-electron chi connectivity index (χ4n) is 3.35. The van der Waals surface area contributed by atoms with Gasteiger partial charge >= 0.3 is 0 Å². The highest BCUT2D eigenvalue weighted by atomic mass is 32.2. The van der Waals surface area contributed by atoms with Gasteiger partial charge in [0.2, 0.25) is 0 Å². The maximum atomic E-state index is 10.4. The summed E-state index contributed by atoms with van der Waals surface area (Å²) in [6.45, 7) is 9.01. The average Bonchev–Trinajstić information content (AvgIpc) is 2.53. The van der Waals surface area contributed by atoms with E-state index in [4.69, 9.17) is 0 Å². The SMILES string of the molecule is CCCCCCC(C)CCCC(C)CSCC1C=CC=CC1(C)O. The molecule has 4 atom stereocenters. The van der Waals surface area contributed by atoms with Crippen LogP contribution in [0.5, 0.6) is 0 Å². The number of hydrogen-bond acceptors (Lipinski definition) is 2. The van der Waals surface area contributed by atoms with E-state index in [9.17, 15) is 5.11 Å². The van der Waals surface area contributed by atoms with Crippen LogP contribution in [0.1, 0.15) is 79.1 Å². The summed E-state index contributed by atoms with van der Waals surface area (Å²) in [7, 11) is 0. The zero-order valence-corrected chi connectivity index (χ0v) is 17.3. The van der Waals surface area contributed by atoms with Crippen LogP contribution in [0.3, 0.4) is 0 Å². The van der Waals surface area contributed by atoms with Crippen LogP contribution in [-0.4, -0.2) is 22.2 Å². The van der Waals surface area contributed by atoms with Gasteiger partial charge in [0.05, 0.1) is 5.60 Å². The molecule has 0 aromatic heterocycles. The first-order valence-corrected chi connectivity index (χ1v) is 11.3. The summed E-state index contributed by atoms with van der Waals surface area (Å²) in [4.78, 5) is 0. The Bertz CT molecular complexity index is 372. The van der Waals surface area contributed by atoms with Crippen molar-refractivity contribution < 1.29 is 5.11 Å². The maximum absolute atomic E-state index is 10.4. The largest absolute Gasteiger partial charge is 0.385 e. The molecule has 0 aromatic rings. The fraction of sp³-hybridized carbons (Fsp3) is 0.818. The minimum atomic E-state index is -0.668. The van der Waals surface area contributed by atoms with Gasteiger partial charge in [0.1, 0.15) is 0 Å². The van der Waals surface area contributed by atoms with Gasteiger partial charge in [0, 0.05) is 11.7 Å². The molecule has 0 spiro atoms. The lowest BCUT2D eigenvalue weighted by atomic mass is 9.87. The van der Waals surface area contributed by atoms with Gasteiger partial charge in [-0.1, -0.05) is 90.0 Å². The van der Waals surface area contributed by atoms with E-state index in [-0.39, 0.29) is 5.92 Å². The molecule has 0 amide bonds. The maximum Gasteiger partial charge on any atom is 0.0873 e. The van der Waals surface area contributed by atoms with Crippen LogP contribution in [0.25, 0.3) is 0 Å². The second kappa shape index (κ2) is 12.2. The van der Waals surface area contributed by atoms with E-state index in [0.29, 0.717) is 0 Å². The lowest BCUT2D eigenvalue weighted by molar-refractivity contribution is 0.0748. The Kier molecular flexibility index (Phi) is 11.1. The summed E-state index contributed by atoms with van der Waals surface area (Å²) < 4.78 is 0. The van der Waals surface area contributed by atoms with Crippen molar-refractivity contribution in [2.24, 2.45) is 17.8 Å². The number of rotatable bonds is 13. The van der Waals surface area contributed by atoms with Gasteiger partial charge in [0.25, 0.3) is 0 Å². The van der Waals surface area contributed by atoms with Crippen molar-refractivity contribution in [1.29, 1.82) is 0 Å². The summed E-state index contributed by atoms with van der Waals surface area (Å²) in [5, 5.41) is 10.4. The first kappa shape index (κ1) is 21.8. The third-order valence-electron chi connectivity index (χ3n) is 5.28. The molecule has 0 heterocycles. The quantitative estimate of drug-likeness (QED) is 0.376. The predicted octanol–water partition coefficient (Wildman–Crippen LogP) is 6.63. The van der Waals surface area contributed by atoms with E-state index >= 15 is 0 Å². The van der Waals surface area contributed by atoms with Crippen molar-refractivity contribution in [2.45, 2.75) is 84.7 Å². The number of allylic oxidation sites excluding steroid dienone is 2. The lowest BCUT2D eigenvalue weighted by Crippen LogP contribution is -2.34. The van der Waals surface area contributed by atoms with E-state index in [2.05, 4.69) is 32.9 Å². The topological polar surface area (TPSA) is 20.2 Å². The molecular formula is C22H40OS. The highest BCUT2D eigenvalue weighted by Gasteiger charge is 2.28. The molecule has 1 rings (SSSR count). The fourth-order valence-corrected chi connectivity index (χ4v) is 4.76. The van der Waals surface area contributed by atoms with Gasteiger partial charge in [-0.3, -0.25) is 0 Å². The molecule has 0 radical (unpaired) electrons. The molecule has 0 bridgehead atoms. The van der Waals surface area contributed by atoms with E-state index < -0.39 is 5.60 Å². The van der Waals surface area contributed by atoms with Gasteiger partial charge < -0.3 is 5.11 Å². The molecule has 1 aliphatic rings. The summed E-state index contributed by atoms with van der Waals surface area (Å²) in [5.41, 5.74) is -0.668. The molecule has 140 valence electrons. The van der Waals surface area contributed by atoms with Crippen molar-refractivity contribution in [3.63, 3.8) is 0 Å². The van der Waals surface area contributed by atoms with Crippen molar-refractivity contribution in [1.82, 2.24) is 0 Å².